The van der Waals surface area contributed by atoms with Gasteiger partial charge in [0.15, 0.2) is 5.60 Å². The molecule has 1 saturated heterocycles. The molecular formula is C17H24N6O3. The van der Waals surface area contributed by atoms with Crippen LogP contribution in [0.3, 0.4) is 0 Å². The fourth-order valence-electron chi connectivity index (χ4n) is 3.04. The van der Waals surface area contributed by atoms with E-state index in [1.807, 2.05) is 11.8 Å². The van der Waals surface area contributed by atoms with Crippen LogP contribution in [-0.4, -0.2) is 76.6 Å². The number of nitrogens with zero attached hydrogens (tertiary/aromatic N) is 5. The Morgan fingerprint density at radius 2 is 2.15 bits per heavy atom. The van der Waals surface area contributed by atoms with Crippen LogP contribution >= 0.6 is 0 Å². The first kappa shape index (κ1) is 18.2. The fraction of sp³-hybridized carbons (Fsp3) is 0.588. The van der Waals surface area contributed by atoms with E-state index in [1.54, 1.807) is 31.4 Å². The summed E-state index contributed by atoms with van der Waals surface area (Å²) in [5.74, 6) is -0.204. The Hall–Kier alpha value is -2.55. The minimum Gasteiger partial charge on any atom is -0.387 e. The maximum Gasteiger partial charge on any atom is 0.269 e. The van der Waals surface area contributed by atoms with E-state index in [9.17, 15) is 9.59 Å². The van der Waals surface area contributed by atoms with Crippen LogP contribution in [0.25, 0.3) is 0 Å². The van der Waals surface area contributed by atoms with Gasteiger partial charge in [0.25, 0.3) is 5.91 Å². The predicted molar refractivity (Wildman–Crippen MR) is 94.2 cm³/mol. The Bertz CT molecular complexity index is 718. The number of likely N-dealkylation sites (N-methyl/N-ethyl adjacent to an activating group) is 1. The van der Waals surface area contributed by atoms with Crippen LogP contribution in [0, 0.1) is 6.92 Å². The number of nitrogens with one attached hydrogen (secondary N) is 1. The zero-order chi connectivity index (χ0) is 18.7. The number of hydrogen-bond acceptors (Lipinski definition) is 7. The maximum atomic E-state index is 12.3. The summed E-state index contributed by atoms with van der Waals surface area (Å²) in [7, 11) is 3.48. The third kappa shape index (κ3) is 4.16. The van der Waals surface area contributed by atoms with Crippen LogP contribution in [-0.2, 0) is 21.0 Å². The summed E-state index contributed by atoms with van der Waals surface area (Å²) in [5.41, 5.74) is 1.40. The molecule has 1 aromatic heterocycles. The molecule has 0 unspecified atom stereocenters. The molecule has 2 aliphatic rings. The Morgan fingerprint density at radius 1 is 1.35 bits per heavy atom. The SMILES string of the molecule is Cc1cnc(CNC(=O)C2=NO[C@@]3(CCN(CC(=O)N(C)C)C3)C2)cn1. The van der Waals surface area contributed by atoms with Crippen LogP contribution in [0.2, 0.25) is 0 Å². The second kappa shape index (κ2) is 7.36. The quantitative estimate of drug-likeness (QED) is 0.775. The van der Waals surface area contributed by atoms with Crippen molar-refractivity contribution >= 4 is 17.5 Å². The molecule has 1 aromatic rings. The van der Waals surface area contributed by atoms with E-state index >= 15 is 0 Å². The Morgan fingerprint density at radius 3 is 2.85 bits per heavy atom. The smallest absolute Gasteiger partial charge is 0.269 e. The number of aryl methyl sites for hydroxylation is 1. The lowest BCUT2D eigenvalue weighted by molar-refractivity contribution is -0.129. The van der Waals surface area contributed by atoms with Gasteiger partial charge in [-0.25, -0.2) is 0 Å². The number of likely N-dealkylation sites (tertiary alicyclic amines) is 1. The van der Waals surface area contributed by atoms with Crippen molar-refractivity contribution in [2.75, 3.05) is 33.7 Å². The van der Waals surface area contributed by atoms with Crippen LogP contribution in [0.1, 0.15) is 24.2 Å². The van der Waals surface area contributed by atoms with Gasteiger partial charge in [0.2, 0.25) is 5.91 Å². The van der Waals surface area contributed by atoms with E-state index in [1.165, 1.54) is 0 Å². The molecule has 0 saturated carbocycles. The van der Waals surface area contributed by atoms with E-state index in [-0.39, 0.29) is 11.8 Å². The molecule has 2 amide bonds. The molecule has 1 N–H and O–H groups in total. The lowest BCUT2D eigenvalue weighted by Gasteiger charge is -2.22. The highest BCUT2D eigenvalue weighted by Crippen LogP contribution is 2.33. The zero-order valence-corrected chi connectivity index (χ0v) is 15.4. The molecule has 140 valence electrons. The average molecular weight is 360 g/mol. The van der Waals surface area contributed by atoms with Crippen molar-refractivity contribution in [2.24, 2.45) is 5.16 Å². The number of aromatic nitrogens is 2. The number of oxime groups is 1. The Labute approximate surface area is 152 Å². The summed E-state index contributed by atoms with van der Waals surface area (Å²) >= 11 is 0. The van der Waals surface area contributed by atoms with Gasteiger partial charge in [-0.1, -0.05) is 5.16 Å². The number of hydrogen-bond donors (Lipinski definition) is 1. The van der Waals surface area contributed by atoms with E-state index in [4.69, 9.17) is 4.84 Å². The summed E-state index contributed by atoms with van der Waals surface area (Å²) in [4.78, 5) is 41.8. The highest BCUT2D eigenvalue weighted by molar-refractivity contribution is 6.39. The Balaban J connectivity index is 1.49. The average Bonchev–Trinajstić information content (AvgIpc) is 3.21. The topological polar surface area (TPSA) is 100 Å². The fourth-order valence-corrected chi connectivity index (χ4v) is 3.04. The van der Waals surface area contributed by atoms with Crippen molar-refractivity contribution < 1.29 is 14.4 Å². The maximum absolute atomic E-state index is 12.3. The minimum absolute atomic E-state index is 0.0538. The molecular weight excluding hydrogens is 336 g/mol. The number of rotatable bonds is 5. The lowest BCUT2D eigenvalue weighted by atomic mass is 9.96. The van der Waals surface area contributed by atoms with E-state index in [0.29, 0.717) is 37.5 Å². The van der Waals surface area contributed by atoms with Crippen LogP contribution in [0.4, 0.5) is 0 Å². The van der Waals surface area contributed by atoms with Crippen molar-refractivity contribution in [1.29, 1.82) is 0 Å². The van der Waals surface area contributed by atoms with Crippen molar-refractivity contribution in [2.45, 2.75) is 31.9 Å². The van der Waals surface area contributed by atoms with E-state index < -0.39 is 5.60 Å². The first-order valence-electron chi connectivity index (χ1n) is 8.60. The number of amides is 2. The summed E-state index contributed by atoms with van der Waals surface area (Å²) < 4.78 is 0. The van der Waals surface area contributed by atoms with Gasteiger partial charge < -0.3 is 15.1 Å². The number of carbonyl (C=O) groups is 2. The molecule has 0 radical (unpaired) electrons. The standard InChI is InChI=1S/C17H24N6O3/c1-12-7-19-13(8-18-12)9-20-16(25)14-6-17(26-21-14)4-5-23(11-17)10-15(24)22(2)3/h7-8H,4-6,9-11H2,1-3H3,(H,20,25)/t17-/m0/s1. The molecule has 9 nitrogen and oxygen atoms in total. The van der Waals surface area contributed by atoms with Gasteiger partial charge in [0.1, 0.15) is 5.71 Å². The normalized spacial score (nSPS) is 22.2. The molecule has 1 atom stereocenters. The summed E-state index contributed by atoms with van der Waals surface area (Å²) in [6.45, 7) is 3.85. The molecule has 0 aromatic carbocycles. The van der Waals surface area contributed by atoms with Gasteiger partial charge in [-0.05, 0) is 6.92 Å². The molecule has 2 aliphatic heterocycles. The zero-order valence-electron chi connectivity index (χ0n) is 15.4. The van der Waals surface area contributed by atoms with E-state index in [0.717, 1.165) is 18.7 Å². The van der Waals surface area contributed by atoms with E-state index in [2.05, 4.69) is 20.4 Å². The van der Waals surface area contributed by atoms with Crippen molar-refractivity contribution in [1.82, 2.24) is 25.1 Å². The number of carbonyl (C=O) groups excluding carboxylic acids is 2. The molecule has 1 fully saturated rings. The third-order valence-corrected chi connectivity index (χ3v) is 4.62. The summed E-state index contributed by atoms with van der Waals surface area (Å²) in [5, 5.41) is 6.79. The van der Waals surface area contributed by atoms with Crippen LogP contribution in [0.15, 0.2) is 17.5 Å². The lowest BCUT2D eigenvalue weighted by Crippen LogP contribution is -2.40. The molecule has 9 heteroatoms. The minimum atomic E-state index is -0.497. The molecule has 26 heavy (non-hydrogen) atoms. The third-order valence-electron chi connectivity index (χ3n) is 4.62. The van der Waals surface area contributed by atoms with Crippen molar-refractivity contribution in [3.05, 3.63) is 23.8 Å². The highest BCUT2D eigenvalue weighted by atomic mass is 16.7. The van der Waals surface area contributed by atoms with Gasteiger partial charge in [-0.3, -0.25) is 24.5 Å². The van der Waals surface area contributed by atoms with Crippen molar-refractivity contribution in [3.8, 4) is 0 Å². The van der Waals surface area contributed by atoms with Crippen LogP contribution < -0.4 is 5.32 Å². The Kier molecular flexibility index (Phi) is 5.17. The van der Waals surface area contributed by atoms with Gasteiger partial charge in [-0.15, -0.1) is 0 Å². The molecule has 3 heterocycles. The second-order valence-corrected chi connectivity index (χ2v) is 7.07. The molecule has 1 spiro atoms. The highest BCUT2D eigenvalue weighted by Gasteiger charge is 2.46. The molecule has 0 aliphatic carbocycles. The van der Waals surface area contributed by atoms with Gasteiger partial charge >= 0.3 is 0 Å². The van der Waals surface area contributed by atoms with Gasteiger partial charge in [0.05, 0.1) is 30.7 Å². The largest absolute Gasteiger partial charge is 0.387 e. The first-order valence-corrected chi connectivity index (χ1v) is 8.60. The second-order valence-electron chi connectivity index (χ2n) is 7.07. The van der Waals surface area contributed by atoms with Crippen LogP contribution in [0.5, 0.6) is 0 Å². The van der Waals surface area contributed by atoms with Gasteiger partial charge in [-0.2, -0.15) is 0 Å². The summed E-state index contributed by atoms with van der Waals surface area (Å²) in [6.07, 6.45) is 4.50. The predicted octanol–water partition coefficient (Wildman–Crippen LogP) is -0.290. The molecule has 3 rings (SSSR count). The molecule has 0 bridgehead atoms. The summed E-state index contributed by atoms with van der Waals surface area (Å²) in [6, 6.07) is 0. The first-order chi connectivity index (χ1) is 12.4. The van der Waals surface area contributed by atoms with Crippen molar-refractivity contribution in [3.63, 3.8) is 0 Å². The monoisotopic (exact) mass is 360 g/mol. The van der Waals surface area contributed by atoms with Gasteiger partial charge in [0, 0.05) is 46.2 Å².